The van der Waals surface area contributed by atoms with Crippen molar-refractivity contribution in [1.82, 2.24) is 14.5 Å². The number of nitrogens with zero attached hydrogens (tertiary/aromatic N) is 2. The summed E-state index contributed by atoms with van der Waals surface area (Å²) >= 11 is 0. The Morgan fingerprint density at radius 2 is 2.00 bits per heavy atom. The second-order valence-corrected chi connectivity index (χ2v) is 5.39. The maximum absolute atomic E-state index is 11.0. The molecule has 0 saturated heterocycles. The molecule has 0 aliphatic carbocycles. The van der Waals surface area contributed by atoms with E-state index >= 15 is 0 Å². The summed E-state index contributed by atoms with van der Waals surface area (Å²) in [5.41, 5.74) is 2.86. The molecule has 0 fully saturated rings. The van der Waals surface area contributed by atoms with Crippen molar-refractivity contribution in [2.75, 3.05) is 6.26 Å². The van der Waals surface area contributed by atoms with Gasteiger partial charge in [0.25, 0.3) is 0 Å². The highest BCUT2D eigenvalue weighted by atomic mass is 32.2. The second-order valence-electron chi connectivity index (χ2n) is 3.56. The standard InChI is InChI=1S/C9H17N3O2S/c1-5-12-8(3)9(7(2)11-12)6-10-15(4,13)14/h10H,5-6H2,1-4H3. The Bertz CT molecular complexity index is 448. The SMILES string of the molecule is CCn1nc(C)c(CNS(C)(=O)=O)c1C. The van der Waals surface area contributed by atoms with Crippen LogP contribution < -0.4 is 4.72 Å². The lowest BCUT2D eigenvalue weighted by atomic mass is 10.2. The van der Waals surface area contributed by atoms with Crippen LogP contribution in [0.15, 0.2) is 0 Å². The van der Waals surface area contributed by atoms with Crippen molar-refractivity contribution in [3.8, 4) is 0 Å². The number of hydrogen-bond acceptors (Lipinski definition) is 3. The molecule has 1 aromatic heterocycles. The third-order valence-corrected chi connectivity index (χ3v) is 3.01. The molecule has 0 aliphatic rings. The average molecular weight is 231 g/mol. The van der Waals surface area contributed by atoms with Gasteiger partial charge in [0, 0.05) is 24.3 Å². The first-order chi connectivity index (χ1) is 6.85. The summed E-state index contributed by atoms with van der Waals surface area (Å²) < 4.78 is 26.3. The van der Waals surface area contributed by atoms with Crippen LogP contribution >= 0.6 is 0 Å². The first-order valence-corrected chi connectivity index (χ1v) is 6.71. The Labute approximate surface area is 90.5 Å². The molecule has 0 bridgehead atoms. The van der Waals surface area contributed by atoms with Gasteiger partial charge in [-0.25, -0.2) is 13.1 Å². The Kier molecular flexibility index (Phi) is 3.51. The minimum absolute atomic E-state index is 0.316. The minimum atomic E-state index is -3.14. The van der Waals surface area contributed by atoms with E-state index in [0.717, 1.165) is 29.8 Å². The molecule has 15 heavy (non-hydrogen) atoms. The van der Waals surface area contributed by atoms with E-state index in [1.165, 1.54) is 0 Å². The predicted molar refractivity (Wildman–Crippen MR) is 59.1 cm³/mol. The van der Waals surface area contributed by atoms with E-state index in [1.54, 1.807) is 0 Å². The average Bonchev–Trinajstić information content (AvgIpc) is 2.37. The summed E-state index contributed by atoms with van der Waals surface area (Å²) in [7, 11) is -3.14. The number of sulfonamides is 1. The molecule has 1 rings (SSSR count). The van der Waals surface area contributed by atoms with Crippen LogP contribution in [0.1, 0.15) is 23.9 Å². The van der Waals surface area contributed by atoms with E-state index < -0.39 is 10.0 Å². The van der Waals surface area contributed by atoms with Gasteiger partial charge in [0.2, 0.25) is 10.0 Å². The van der Waals surface area contributed by atoms with Crippen LogP contribution in [0, 0.1) is 13.8 Å². The zero-order valence-corrected chi connectivity index (χ0v) is 10.3. The smallest absolute Gasteiger partial charge is 0.209 e. The maximum atomic E-state index is 11.0. The van der Waals surface area contributed by atoms with E-state index in [9.17, 15) is 8.42 Å². The number of aromatic nitrogens is 2. The van der Waals surface area contributed by atoms with Crippen molar-refractivity contribution < 1.29 is 8.42 Å². The summed E-state index contributed by atoms with van der Waals surface area (Å²) in [6, 6.07) is 0. The van der Waals surface area contributed by atoms with Gasteiger partial charge in [-0.3, -0.25) is 4.68 Å². The fourth-order valence-corrected chi connectivity index (χ4v) is 1.91. The van der Waals surface area contributed by atoms with Gasteiger partial charge >= 0.3 is 0 Å². The van der Waals surface area contributed by atoms with Crippen molar-refractivity contribution in [2.45, 2.75) is 33.9 Å². The van der Waals surface area contributed by atoms with Crippen LogP contribution in [0.5, 0.6) is 0 Å². The van der Waals surface area contributed by atoms with Crippen LogP contribution in [-0.4, -0.2) is 24.5 Å². The van der Waals surface area contributed by atoms with E-state index in [4.69, 9.17) is 0 Å². The zero-order valence-electron chi connectivity index (χ0n) is 9.53. The normalized spacial score (nSPS) is 12.0. The van der Waals surface area contributed by atoms with Crippen LogP contribution in [0.3, 0.4) is 0 Å². The fraction of sp³-hybridized carbons (Fsp3) is 0.667. The quantitative estimate of drug-likeness (QED) is 0.824. The topological polar surface area (TPSA) is 64.0 Å². The van der Waals surface area contributed by atoms with Crippen molar-refractivity contribution >= 4 is 10.0 Å². The van der Waals surface area contributed by atoms with Gasteiger partial charge in [-0.2, -0.15) is 5.10 Å². The lowest BCUT2D eigenvalue weighted by Crippen LogP contribution is -2.21. The maximum Gasteiger partial charge on any atom is 0.209 e. The number of nitrogens with one attached hydrogen (secondary N) is 1. The number of aryl methyl sites for hydroxylation is 2. The van der Waals surface area contributed by atoms with E-state index in [0.29, 0.717) is 6.54 Å². The van der Waals surface area contributed by atoms with Crippen LogP contribution in [0.2, 0.25) is 0 Å². The highest BCUT2D eigenvalue weighted by molar-refractivity contribution is 7.88. The molecule has 0 aromatic carbocycles. The van der Waals surface area contributed by atoms with Gasteiger partial charge in [-0.1, -0.05) is 0 Å². The summed E-state index contributed by atoms with van der Waals surface area (Å²) in [5.74, 6) is 0. The molecule has 5 nitrogen and oxygen atoms in total. The van der Waals surface area contributed by atoms with Gasteiger partial charge in [-0.15, -0.1) is 0 Å². The molecule has 0 aliphatic heterocycles. The number of hydrogen-bond donors (Lipinski definition) is 1. The molecule has 1 aromatic rings. The lowest BCUT2D eigenvalue weighted by molar-refractivity contribution is 0.587. The van der Waals surface area contributed by atoms with E-state index in [1.807, 2.05) is 25.5 Å². The lowest BCUT2D eigenvalue weighted by Gasteiger charge is -2.03. The Morgan fingerprint density at radius 3 is 2.40 bits per heavy atom. The molecular weight excluding hydrogens is 214 g/mol. The predicted octanol–water partition coefficient (Wildman–Crippen LogP) is 0.569. The third-order valence-electron chi connectivity index (χ3n) is 2.34. The van der Waals surface area contributed by atoms with Gasteiger partial charge < -0.3 is 0 Å². The Hall–Kier alpha value is -0.880. The summed E-state index contributed by atoms with van der Waals surface area (Å²) in [6.45, 7) is 6.95. The largest absolute Gasteiger partial charge is 0.270 e. The minimum Gasteiger partial charge on any atom is -0.270 e. The molecule has 0 atom stereocenters. The van der Waals surface area contributed by atoms with Crippen molar-refractivity contribution in [3.63, 3.8) is 0 Å². The van der Waals surface area contributed by atoms with Crippen molar-refractivity contribution in [2.24, 2.45) is 0 Å². The van der Waals surface area contributed by atoms with Gasteiger partial charge in [0.1, 0.15) is 0 Å². The monoisotopic (exact) mass is 231 g/mol. The molecule has 0 unspecified atom stereocenters. The molecule has 1 N–H and O–H groups in total. The Morgan fingerprint density at radius 1 is 1.40 bits per heavy atom. The second kappa shape index (κ2) is 4.32. The molecule has 0 spiro atoms. The summed E-state index contributed by atoms with van der Waals surface area (Å²) in [6.07, 6.45) is 1.15. The van der Waals surface area contributed by atoms with Gasteiger partial charge in [-0.05, 0) is 20.8 Å². The third kappa shape index (κ3) is 3.04. The number of rotatable bonds is 4. The molecule has 0 radical (unpaired) electrons. The molecule has 86 valence electrons. The van der Waals surface area contributed by atoms with Crippen LogP contribution in [0.25, 0.3) is 0 Å². The molecular formula is C9H17N3O2S. The zero-order chi connectivity index (χ0) is 11.6. The van der Waals surface area contributed by atoms with E-state index in [-0.39, 0.29) is 0 Å². The summed E-state index contributed by atoms with van der Waals surface area (Å²) in [5, 5.41) is 4.31. The highest BCUT2D eigenvalue weighted by Crippen LogP contribution is 2.12. The van der Waals surface area contributed by atoms with Crippen LogP contribution in [-0.2, 0) is 23.1 Å². The molecule has 1 heterocycles. The first kappa shape index (κ1) is 12.2. The van der Waals surface area contributed by atoms with Gasteiger partial charge in [0.15, 0.2) is 0 Å². The highest BCUT2D eigenvalue weighted by Gasteiger charge is 2.11. The Balaban J connectivity index is 2.90. The van der Waals surface area contributed by atoms with Gasteiger partial charge in [0.05, 0.1) is 11.9 Å². The molecule has 0 amide bonds. The van der Waals surface area contributed by atoms with Crippen molar-refractivity contribution in [1.29, 1.82) is 0 Å². The fourth-order valence-electron chi connectivity index (χ4n) is 1.50. The molecule has 0 saturated carbocycles. The molecule has 6 heteroatoms. The first-order valence-electron chi connectivity index (χ1n) is 4.82. The van der Waals surface area contributed by atoms with Crippen LogP contribution in [0.4, 0.5) is 0 Å². The van der Waals surface area contributed by atoms with Crippen molar-refractivity contribution in [3.05, 3.63) is 17.0 Å². The van der Waals surface area contributed by atoms with E-state index in [2.05, 4.69) is 9.82 Å². The summed E-state index contributed by atoms with van der Waals surface area (Å²) in [4.78, 5) is 0.